The Balaban J connectivity index is 1.00. The number of aliphatic hydroxyl groups excluding tert-OH is 12. The van der Waals surface area contributed by atoms with Gasteiger partial charge in [-0.1, -0.05) is 24.3 Å². The average molecular weight is 1220 g/mol. The molecule has 4 aromatic carbocycles. The van der Waals surface area contributed by atoms with Crippen molar-refractivity contribution in [2.24, 2.45) is 0 Å². The van der Waals surface area contributed by atoms with E-state index in [0.29, 0.717) is 5.56 Å². The second-order valence-corrected chi connectivity index (χ2v) is 20.3. The topological polar surface area (TPSA) is 480 Å². The summed E-state index contributed by atoms with van der Waals surface area (Å²) in [6.45, 7) is -3.02. The van der Waals surface area contributed by atoms with Crippen LogP contribution >= 0.6 is 0 Å². The van der Waals surface area contributed by atoms with Crippen LogP contribution in [0.4, 0.5) is 0 Å². The van der Waals surface area contributed by atoms with Crippen LogP contribution in [0.1, 0.15) is 28.4 Å². The molecule has 0 spiro atoms. The van der Waals surface area contributed by atoms with Gasteiger partial charge in [-0.25, -0.2) is 9.59 Å². The molecule has 5 aliphatic rings. The van der Waals surface area contributed by atoms with Crippen LogP contribution in [-0.2, 0) is 47.5 Å². The van der Waals surface area contributed by atoms with Crippen LogP contribution in [0.15, 0.2) is 90.7 Å². The van der Waals surface area contributed by atoms with Gasteiger partial charge in [0, 0.05) is 29.8 Å². The van der Waals surface area contributed by atoms with E-state index in [1.165, 1.54) is 54.6 Å². The molecular weight excluding hydrogens is 1150 g/mol. The van der Waals surface area contributed by atoms with Gasteiger partial charge in [-0.15, -0.1) is 0 Å². The van der Waals surface area contributed by atoms with E-state index >= 15 is 0 Å². The lowest BCUT2D eigenvalue weighted by Gasteiger charge is -2.45. The quantitative estimate of drug-likeness (QED) is 0.0266. The third-order valence-electron chi connectivity index (χ3n) is 14.3. The zero-order valence-electron chi connectivity index (χ0n) is 44.6. The molecule has 9 rings (SSSR count). The van der Waals surface area contributed by atoms with Gasteiger partial charge in [-0.2, -0.15) is 0 Å². The molecule has 4 aromatic rings. The SMILES string of the molecule is O=C(C=Cc1ccc(O[C@@H]2O[C@H](CO)[C@@H](O)[C@H](O)[C@H]2O)cc1)OC[C@H]1O[C@@H](OC2=Cc3c(O[C@@H]4O[C@H](CO)[C@@H](O)[C@H](O)[C@H]4O)cc(O)cc3O[C@@H]2c2ccc(O)c(O)c2)[C@H](O[C@@H]2OC[C@@H](O)[C@H](O)[C@H]2OC(=O)C=Cc2ccc(O)c(O)c2)[C@@H](O)[C@@H]1O. The first-order valence-electron chi connectivity index (χ1n) is 26.4. The molecule has 5 aliphatic heterocycles. The minimum atomic E-state index is -2.17. The summed E-state index contributed by atoms with van der Waals surface area (Å²) in [6, 6.07) is 14.9. The number of carbonyl (C=O) groups is 2. The van der Waals surface area contributed by atoms with Crippen molar-refractivity contribution in [2.75, 3.05) is 26.4 Å². The van der Waals surface area contributed by atoms with Crippen LogP contribution in [0.3, 0.4) is 0 Å². The van der Waals surface area contributed by atoms with Gasteiger partial charge in [0.2, 0.25) is 18.9 Å². The third-order valence-corrected chi connectivity index (χ3v) is 14.3. The second-order valence-electron chi connectivity index (χ2n) is 20.3. The van der Waals surface area contributed by atoms with E-state index in [-0.39, 0.29) is 39.7 Å². The maximum absolute atomic E-state index is 13.3. The first-order chi connectivity index (χ1) is 41.0. The molecule has 0 amide bonds. The highest BCUT2D eigenvalue weighted by molar-refractivity contribution is 5.88. The number of aliphatic hydroxyl groups is 12. The number of phenols is 5. The molecule has 30 nitrogen and oxygen atoms in total. The van der Waals surface area contributed by atoms with Crippen LogP contribution in [0, 0.1) is 0 Å². The molecule has 0 radical (unpaired) electrons. The Kier molecular flexibility index (Phi) is 19.9. The van der Waals surface area contributed by atoms with E-state index in [1.807, 2.05) is 0 Å². The molecule has 0 saturated carbocycles. The monoisotopic (exact) mass is 1210 g/mol. The van der Waals surface area contributed by atoms with Crippen LogP contribution in [-0.4, -0.2) is 242 Å². The minimum Gasteiger partial charge on any atom is -0.508 e. The van der Waals surface area contributed by atoms with Gasteiger partial charge >= 0.3 is 11.9 Å². The Labute approximate surface area is 485 Å². The number of hydrogen-bond donors (Lipinski definition) is 17. The van der Waals surface area contributed by atoms with E-state index in [1.54, 1.807) is 0 Å². The normalized spacial score (nSPS) is 33.7. The predicted molar refractivity (Wildman–Crippen MR) is 282 cm³/mol. The number of esters is 2. The number of fused-ring (bicyclic) bond motifs is 1. The maximum atomic E-state index is 13.3. The van der Waals surface area contributed by atoms with E-state index in [2.05, 4.69) is 0 Å². The van der Waals surface area contributed by atoms with Gasteiger partial charge in [0.15, 0.2) is 47.6 Å². The van der Waals surface area contributed by atoms with Crippen LogP contribution in [0.2, 0.25) is 0 Å². The van der Waals surface area contributed by atoms with Gasteiger partial charge in [-0.05, 0) is 65.8 Å². The molecule has 5 heterocycles. The summed E-state index contributed by atoms with van der Waals surface area (Å²) in [4.78, 5) is 26.5. The molecule has 0 unspecified atom stereocenters. The van der Waals surface area contributed by atoms with Gasteiger partial charge in [0.1, 0.15) is 115 Å². The zero-order valence-corrected chi connectivity index (χ0v) is 44.6. The van der Waals surface area contributed by atoms with E-state index in [4.69, 9.17) is 52.1 Å². The molecule has 4 saturated heterocycles. The van der Waals surface area contributed by atoms with Crippen molar-refractivity contribution in [3.05, 3.63) is 113 Å². The predicted octanol–water partition coefficient (Wildman–Crippen LogP) is -3.14. The number of hydrogen-bond acceptors (Lipinski definition) is 30. The Morgan fingerprint density at radius 1 is 0.535 bits per heavy atom. The number of aromatic hydroxyl groups is 5. The lowest BCUT2D eigenvalue weighted by molar-refractivity contribution is -0.353. The average Bonchev–Trinajstić information content (AvgIpc) is 1.38. The third kappa shape index (κ3) is 14.0. The fourth-order valence-electron chi connectivity index (χ4n) is 9.54. The highest BCUT2D eigenvalue weighted by atomic mass is 16.8. The number of rotatable bonds is 18. The molecule has 4 fully saturated rings. The summed E-state index contributed by atoms with van der Waals surface area (Å²) < 4.78 is 64.2. The van der Waals surface area contributed by atoms with Crippen molar-refractivity contribution in [1.29, 1.82) is 0 Å². The Hall–Kier alpha value is -7.44. The molecular formula is C56H62O30. The summed E-state index contributed by atoms with van der Waals surface area (Å²) >= 11 is 0. The van der Waals surface area contributed by atoms with Crippen molar-refractivity contribution < 1.29 is 149 Å². The first kappa shape index (κ1) is 63.1. The highest BCUT2D eigenvalue weighted by Gasteiger charge is 2.53. The Morgan fingerprint density at radius 3 is 1.76 bits per heavy atom. The van der Waals surface area contributed by atoms with Crippen molar-refractivity contribution in [3.8, 4) is 46.0 Å². The first-order valence-corrected chi connectivity index (χ1v) is 26.4. The van der Waals surface area contributed by atoms with Crippen molar-refractivity contribution >= 4 is 30.2 Å². The fraction of sp³-hybridized carbons (Fsp3) is 0.429. The standard InChI is InChI=1S/C56H62O30/c57-18-36-42(68)45(71)48(74)53(82-36)78-26-7-1-22(2-8-26)4-11-39(65)76-21-38-44(70)47(73)52(86-55-51(41(67)32(64)20-77-55)85-40(66)12-5-23-3-9-28(60)30(62)13-23)56(84-38)81-35-17-27-33(79-50(35)24-6-10-29(61)31(63)14-24)15-25(59)16-34(27)80-54-49(75)46(72)43(69)37(19-58)83-54/h1-17,32,36-38,41-64,67-75H,18-21H2/t32-,36-,37-,38-,41+,42-,43-,44-,45+,46+,47+,48-,49-,50-,51-,52-,53-,54-,55+,56-/m1/s1. The summed E-state index contributed by atoms with van der Waals surface area (Å²) in [5.41, 5.74) is 0.502. The van der Waals surface area contributed by atoms with Gasteiger partial charge in [0.25, 0.3) is 0 Å². The smallest absolute Gasteiger partial charge is 0.331 e. The number of ether oxygens (including phenoxy) is 11. The molecule has 0 aliphatic carbocycles. The number of benzene rings is 4. The molecule has 86 heavy (non-hydrogen) atoms. The lowest BCUT2D eigenvalue weighted by atomic mass is 9.97. The molecule has 466 valence electrons. The summed E-state index contributed by atoms with van der Waals surface area (Å²) in [5, 5.41) is 179. The fourth-order valence-corrected chi connectivity index (χ4v) is 9.54. The van der Waals surface area contributed by atoms with Gasteiger partial charge in [-0.3, -0.25) is 0 Å². The minimum absolute atomic E-state index is 0.0225. The Morgan fingerprint density at radius 2 is 1.12 bits per heavy atom. The summed E-state index contributed by atoms with van der Waals surface area (Å²) in [7, 11) is 0. The van der Waals surface area contributed by atoms with Crippen LogP contribution in [0.5, 0.6) is 46.0 Å². The van der Waals surface area contributed by atoms with Crippen molar-refractivity contribution in [3.63, 3.8) is 0 Å². The Bertz CT molecular complexity index is 3100. The molecule has 0 bridgehead atoms. The number of carbonyl (C=O) groups excluding carboxylic acids is 2. The molecule has 0 aromatic heterocycles. The molecule has 20 atom stereocenters. The van der Waals surface area contributed by atoms with Crippen LogP contribution < -0.4 is 14.2 Å². The summed E-state index contributed by atoms with van der Waals surface area (Å²) in [6.07, 6.45) is -30.2. The highest BCUT2D eigenvalue weighted by Crippen LogP contribution is 2.47. The largest absolute Gasteiger partial charge is 0.508 e. The van der Waals surface area contributed by atoms with E-state index in [9.17, 15) is 96.4 Å². The number of phenolic OH excluding ortho intramolecular Hbond substituents is 5. The molecule has 17 N–H and O–H groups in total. The van der Waals surface area contributed by atoms with Gasteiger partial charge < -0.3 is 139 Å². The summed E-state index contributed by atoms with van der Waals surface area (Å²) in [5.74, 6) is -5.71. The molecule has 30 heteroatoms. The van der Waals surface area contributed by atoms with Crippen LogP contribution in [0.25, 0.3) is 18.2 Å². The van der Waals surface area contributed by atoms with E-state index < -0.39 is 190 Å². The van der Waals surface area contributed by atoms with E-state index in [0.717, 1.165) is 48.6 Å². The maximum Gasteiger partial charge on any atom is 0.331 e. The zero-order chi connectivity index (χ0) is 61.8. The van der Waals surface area contributed by atoms with Crippen molar-refractivity contribution in [2.45, 2.75) is 123 Å². The van der Waals surface area contributed by atoms with Gasteiger partial charge in [0.05, 0.1) is 25.4 Å². The van der Waals surface area contributed by atoms with Crippen molar-refractivity contribution in [1.82, 2.24) is 0 Å². The lowest BCUT2D eigenvalue weighted by Crippen LogP contribution is -2.63. The second kappa shape index (κ2) is 27.1.